The number of halogens is 1. The van der Waals surface area contributed by atoms with Gasteiger partial charge in [0, 0.05) is 10.2 Å². The first-order valence-electron chi connectivity index (χ1n) is 7.28. The molecule has 2 rings (SSSR count). The quantitative estimate of drug-likeness (QED) is 0.785. The van der Waals surface area contributed by atoms with Crippen molar-refractivity contribution in [2.45, 2.75) is 13.8 Å². The Hall–Kier alpha value is -2.34. The van der Waals surface area contributed by atoms with Gasteiger partial charge < -0.3 is 14.8 Å². The number of esters is 1. The minimum absolute atomic E-state index is 0.300. The number of benzene rings is 2. The van der Waals surface area contributed by atoms with Crippen LogP contribution in [0.1, 0.15) is 21.5 Å². The highest BCUT2D eigenvalue weighted by Crippen LogP contribution is 2.23. The van der Waals surface area contributed by atoms with Gasteiger partial charge in [0.2, 0.25) is 0 Å². The van der Waals surface area contributed by atoms with E-state index >= 15 is 0 Å². The number of methoxy groups -OCH3 is 1. The molecule has 0 saturated carbocycles. The Bertz CT molecular complexity index is 774. The SMILES string of the molecule is COc1ccc(Br)c(C(=O)OCC(=O)Nc2ccc(C)cc2C)c1. The van der Waals surface area contributed by atoms with Gasteiger partial charge in [0.15, 0.2) is 6.61 Å². The van der Waals surface area contributed by atoms with Gasteiger partial charge in [-0.15, -0.1) is 0 Å². The van der Waals surface area contributed by atoms with Gasteiger partial charge in [0.1, 0.15) is 5.75 Å². The molecule has 6 heteroatoms. The summed E-state index contributed by atoms with van der Waals surface area (Å²) in [6.07, 6.45) is 0. The molecular formula is C18H18BrNO4. The average molecular weight is 392 g/mol. The Morgan fingerprint density at radius 1 is 1.12 bits per heavy atom. The van der Waals surface area contributed by atoms with Crippen molar-refractivity contribution in [2.75, 3.05) is 19.0 Å². The van der Waals surface area contributed by atoms with Crippen molar-refractivity contribution in [1.82, 2.24) is 0 Å². The molecule has 2 aromatic rings. The third-order valence-corrected chi connectivity index (χ3v) is 4.08. The fourth-order valence-electron chi connectivity index (χ4n) is 2.14. The molecule has 0 bridgehead atoms. The largest absolute Gasteiger partial charge is 0.497 e. The third kappa shape index (κ3) is 4.58. The molecule has 0 spiro atoms. The van der Waals surface area contributed by atoms with Crippen LogP contribution >= 0.6 is 15.9 Å². The highest BCUT2D eigenvalue weighted by Gasteiger charge is 2.15. The van der Waals surface area contributed by atoms with Crippen molar-refractivity contribution in [2.24, 2.45) is 0 Å². The van der Waals surface area contributed by atoms with Crippen molar-refractivity contribution in [3.63, 3.8) is 0 Å². The molecule has 0 aliphatic heterocycles. The zero-order valence-corrected chi connectivity index (χ0v) is 15.3. The zero-order chi connectivity index (χ0) is 17.7. The molecule has 5 nitrogen and oxygen atoms in total. The van der Waals surface area contributed by atoms with Crippen LogP contribution in [0.2, 0.25) is 0 Å². The van der Waals surface area contributed by atoms with E-state index in [1.165, 1.54) is 7.11 Å². The number of hydrogen-bond acceptors (Lipinski definition) is 4. The predicted molar refractivity (Wildman–Crippen MR) is 95.5 cm³/mol. The molecule has 0 heterocycles. The van der Waals surface area contributed by atoms with Gasteiger partial charge in [-0.2, -0.15) is 0 Å². The Morgan fingerprint density at radius 2 is 1.88 bits per heavy atom. The van der Waals surface area contributed by atoms with E-state index in [-0.39, 0.29) is 6.61 Å². The molecule has 0 saturated heterocycles. The van der Waals surface area contributed by atoms with Crippen LogP contribution in [-0.2, 0) is 9.53 Å². The minimum atomic E-state index is -0.600. The van der Waals surface area contributed by atoms with Crippen LogP contribution < -0.4 is 10.1 Å². The molecule has 2 aromatic carbocycles. The van der Waals surface area contributed by atoms with Crippen LogP contribution in [0, 0.1) is 13.8 Å². The van der Waals surface area contributed by atoms with Gasteiger partial charge in [-0.25, -0.2) is 4.79 Å². The number of amides is 1. The lowest BCUT2D eigenvalue weighted by atomic mass is 10.1. The van der Waals surface area contributed by atoms with Crippen molar-refractivity contribution in [3.05, 3.63) is 57.6 Å². The van der Waals surface area contributed by atoms with E-state index in [4.69, 9.17) is 9.47 Å². The summed E-state index contributed by atoms with van der Waals surface area (Å²) >= 11 is 3.28. The van der Waals surface area contributed by atoms with Crippen LogP contribution in [0.15, 0.2) is 40.9 Å². The highest BCUT2D eigenvalue weighted by atomic mass is 79.9. The number of nitrogens with one attached hydrogen (secondary N) is 1. The van der Waals surface area contributed by atoms with E-state index < -0.39 is 11.9 Å². The molecule has 0 aromatic heterocycles. The molecule has 0 aliphatic rings. The second-order valence-corrected chi connectivity index (χ2v) is 6.14. The monoisotopic (exact) mass is 391 g/mol. The second kappa shape index (κ2) is 7.97. The number of carbonyl (C=O) groups excluding carboxylic acids is 2. The number of aryl methyl sites for hydroxylation is 2. The first-order valence-corrected chi connectivity index (χ1v) is 8.08. The lowest BCUT2D eigenvalue weighted by Crippen LogP contribution is -2.21. The standard InChI is InChI=1S/C18H18BrNO4/c1-11-4-7-16(12(2)8-11)20-17(21)10-24-18(22)14-9-13(23-3)5-6-15(14)19/h4-9H,10H2,1-3H3,(H,20,21). The van der Waals surface area contributed by atoms with Gasteiger partial charge in [-0.3, -0.25) is 4.79 Å². The molecule has 0 unspecified atom stereocenters. The lowest BCUT2D eigenvalue weighted by molar-refractivity contribution is -0.119. The van der Waals surface area contributed by atoms with E-state index in [1.54, 1.807) is 18.2 Å². The smallest absolute Gasteiger partial charge is 0.339 e. The van der Waals surface area contributed by atoms with E-state index in [0.717, 1.165) is 11.1 Å². The molecule has 1 amide bonds. The van der Waals surface area contributed by atoms with E-state index in [9.17, 15) is 9.59 Å². The maximum atomic E-state index is 12.1. The number of hydrogen-bond donors (Lipinski definition) is 1. The van der Waals surface area contributed by atoms with Crippen LogP contribution in [0.4, 0.5) is 5.69 Å². The number of carbonyl (C=O) groups is 2. The molecule has 0 atom stereocenters. The van der Waals surface area contributed by atoms with Crippen molar-refractivity contribution < 1.29 is 19.1 Å². The summed E-state index contributed by atoms with van der Waals surface area (Å²) in [5.41, 5.74) is 3.06. The van der Waals surface area contributed by atoms with E-state index in [1.807, 2.05) is 32.0 Å². The highest BCUT2D eigenvalue weighted by molar-refractivity contribution is 9.10. The van der Waals surface area contributed by atoms with E-state index in [2.05, 4.69) is 21.2 Å². The second-order valence-electron chi connectivity index (χ2n) is 5.29. The molecule has 0 aliphatic carbocycles. The summed E-state index contributed by atoms with van der Waals surface area (Å²) in [6.45, 7) is 3.52. The van der Waals surface area contributed by atoms with Crippen molar-refractivity contribution in [1.29, 1.82) is 0 Å². The van der Waals surface area contributed by atoms with Gasteiger partial charge >= 0.3 is 5.97 Å². The topological polar surface area (TPSA) is 64.6 Å². The van der Waals surface area contributed by atoms with Gasteiger partial charge in [-0.1, -0.05) is 17.7 Å². The van der Waals surface area contributed by atoms with Crippen molar-refractivity contribution in [3.8, 4) is 5.75 Å². The molecule has 0 fully saturated rings. The summed E-state index contributed by atoms with van der Waals surface area (Å²) < 4.78 is 10.7. The van der Waals surface area contributed by atoms with Crippen LogP contribution in [0.5, 0.6) is 5.75 Å². The van der Waals surface area contributed by atoms with Crippen LogP contribution in [0.25, 0.3) is 0 Å². The Balaban J connectivity index is 1.97. The number of anilines is 1. The lowest BCUT2D eigenvalue weighted by Gasteiger charge is -2.10. The fraction of sp³-hybridized carbons (Fsp3) is 0.222. The number of ether oxygens (including phenoxy) is 2. The molecule has 0 radical (unpaired) electrons. The molecule has 1 N–H and O–H groups in total. The normalized spacial score (nSPS) is 10.2. The van der Waals surface area contributed by atoms with Crippen LogP contribution in [0.3, 0.4) is 0 Å². The maximum Gasteiger partial charge on any atom is 0.339 e. The molecular weight excluding hydrogens is 374 g/mol. The van der Waals surface area contributed by atoms with Crippen molar-refractivity contribution >= 4 is 33.5 Å². The number of rotatable bonds is 5. The Labute approximate surface area is 149 Å². The third-order valence-electron chi connectivity index (χ3n) is 3.38. The summed E-state index contributed by atoms with van der Waals surface area (Å²) in [6, 6.07) is 10.6. The summed E-state index contributed by atoms with van der Waals surface area (Å²) in [4.78, 5) is 24.1. The predicted octanol–water partition coefficient (Wildman–Crippen LogP) is 3.87. The average Bonchev–Trinajstić information content (AvgIpc) is 2.55. The van der Waals surface area contributed by atoms with Gasteiger partial charge in [0.05, 0.1) is 12.7 Å². The molecule has 126 valence electrons. The van der Waals surface area contributed by atoms with Gasteiger partial charge in [-0.05, 0) is 59.6 Å². The Kier molecular flexibility index (Phi) is 5.98. The fourth-order valence-corrected chi connectivity index (χ4v) is 2.55. The summed E-state index contributed by atoms with van der Waals surface area (Å²) in [5, 5.41) is 2.73. The summed E-state index contributed by atoms with van der Waals surface area (Å²) in [7, 11) is 1.51. The Morgan fingerprint density at radius 3 is 2.54 bits per heavy atom. The maximum absolute atomic E-state index is 12.1. The summed E-state index contributed by atoms with van der Waals surface area (Å²) in [5.74, 6) is -0.462. The van der Waals surface area contributed by atoms with Crippen LogP contribution in [-0.4, -0.2) is 25.6 Å². The van der Waals surface area contributed by atoms with E-state index in [0.29, 0.717) is 21.5 Å². The first-order chi connectivity index (χ1) is 11.4. The minimum Gasteiger partial charge on any atom is -0.497 e. The zero-order valence-electron chi connectivity index (χ0n) is 13.7. The van der Waals surface area contributed by atoms with Gasteiger partial charge in [0.25, 0.3) is 5.91 Å². The first kappa shape index (κ1) is 18.0. The molecule has 24 heavy (non-hydrogen) atoms.